The first kappa shape index (κ1) is 30.1. The average Bonchev–Trinajstić information content (AvgIpc) is 2.93. The highest BCUT2D eigenvalue weighted by atomic mass is 32.2. The number of nitrogens with zero attached hydrogens (tertiary/aromatic N) is 2. The van der Waals surface area contributed by atoms with Gasteiger partial charge >= 0.3 is 0 Å². The van der Waals surface area contributed by atoms with Gasteiger partial charge in [-0.3, -0.25) is 9.69 Å². The third kappa shape index (κ3) is 8.07. The van der Waals surface area contributed by atoms with E-state index in [4.69, 9.17) is 9.47 Å². The summed E-state index contributed by atoms with van der Waals surface area (Å²) in [6.07, 6.45) is 2.51. The van der Waals surface area contributed by atoms with Gasteiger partial charge < -0.3 is 9.47 Å². The predicted molar refractivity (Wildman–Crippen MR) is 165 cm³/mol. The highest BCUT2D eigenvalue weighted by Gasteiger charge is 2.25. The summed E-state index contributed by atoms with van der Waals surface area (Å²) in [5, 5.41) is 1.73. The van der Waals surface area contributed by atoms with Gasteiger partial charge in [-0.15, -0.1) is 0 Å². The summed E-state index contributed by atoms with van der Waals surface area (Å²) >= 11 is 0. The Hall–Kier alpha value is -3.91. The van der Waals surface area contributed by atoms with Crippen molar-refractivity contribution in [3.8, 4) is 22.6 Å². The fourth-order valence-electron chi connectivity index (χ4n) is 4.70. The number of aryl methyl sites for hydroxylation is 1. The number of hydrogen-bond donors (Lipinski definition) is 1. The first-order valence-electron chi connectivity index (χ1n) is 13.7. The minimum Gasteiger partial charge on any atom is -0.496 e. The van der Waals surface area contributed by atoms with Gasteiger partial charge in [-0.2, -0.15) is 0 Å². The zero-order valence-electron chi connectivity index (χ0n) is 24.3. The lowest BCUT2D eigenvalue weighted by atomic mass is 9.91. The molecule has 0 aliphatic rings. The lowest BCUT2D eigenvalue weighted by molar-refractivity contribution is -0.120. The minimum atomic E-state index is -2.41. The van der Waals surface area contributed by atoms with Crippen molar-refractivity contribution in [3.63, 3.8) is 0 Å². The van der Waals surface area contributed by atoms with Gasteiger partial charge in [0, 0.05) is 18.0 Å². The van der Waals surface area contributed by atoms with Gasteiger partial charge in [0.1, 0.15) is 28.0 Å². The van der Waals surface area contributed by atoms with Crippen molar-refractivity contribution in [2.45, 2.75) is 47.1 Å². The van der Waals surface area contributed by atoms with Crippen LogP contribution in [-0.2, 0) is 22.0 Å². The second-order valence-electron chi connectivity index (χ2n) is 11.4. The smallest absolute Gasteiger partial charge is 0.229 e. The number of ether oxygens (including phenoxy) is 2. The summed E-state index contributed by atoms with van der Waals surface area (Å²) in [5.41, 5.74) is 4.07. The van der Waals surface area contributed by atoms with Gasteiger partial charge in [0.05, 0.1) is 26.0 Å². The molecule has 1 amide bonds. The van der Waals surface area contributed by atoms with Gasteiger partial charge in [0.2, 0.25) is 5.91 Å². The number of fused-ring (bicyclic) bond motifs is 1. The third-order valence-corrected chi connectivity index (χ3v) is 7.41. The molecule has 0 saturated carbocycles. The van der Waals surface area contributed by atoms with Crippen LogP contribution in [0, 0.1) is 12.3 Å². The van der Waals surface area contributed by atoms with Crippen molar-refractivity contribution < 1.29 is 22.7 Å². The Morgan fingerprint density at radius 1 is 0.951 bits per heavy atom. The predicted octanol–water partition coefficient (Wildman–Crippen LogP) is 6.57. The molecule has 3 aromatic carbocycles. The highest BCUT2D eigenvalue weighted by Crippen LogP contribution is 2.32. The van der Waals surface area contributed by atoms with E-state index in [0.717, 1.165) is 38.8 Å². The van der Waals surface area contributed by atoms with Crippen molar-refractivity contribution in [2.75, 3.05) is 24.4 Å². The molecule has 0 aliphatic heterocycles. The molecule has 0 saturated heterocycles. The Labute approximate surface area is 244 Å². The number of pyridine rings is 1. The van der Waals surface area contributed by atoms with Gasteiger partial charge in [-0.05, 0) is 82.8 Å². The lowest BCUT2D eigenvalue weighted by Gasteiger charge is -2.27. The van der Waals surface area contributed by atoms with Crippen LogP contribution < -0.4 is 14.4 Å². The topological polar surface area (TPSA) is 85.8 Å². The Morgan fingerprint density at radius 2 is 1.68 bits per heavy atom. The summed E-state index contributed by atoms with van der Waals surface area (Å²) in [4.78, 5) is 20.1. The molecule has 1 heterocycles. The maximum absolute atomic E-state index is 13.7. The summed E-state index contributed by atoms with van der Waals surface area (Å²) in [6, 6.07) is 21.9. The van der Waals surface area contributed by atoms with E-state index in [2.05, 4.69) is 56.1 Å². The van der Waals surface area contributed by atoms with E-state index >= 15 is 0 Å². The van der Waals surface area contributed by atoms with E-state index in [-0.39, 0.29) is 17.1 Å². The van der Waals surface area contributed by atoms with Crippen molar-refractivity contribution in [1.29, 1.82) is 0 Å². The molecule has 8 heteroatoms. The Morgan fingerprint density at radius 3 is 2.34 bits per heavy atom. The quantitative estimate of drug-likeness (QED) is 0.161. The van der Waals surface area contributed by atoms with Crippen LogP contribution in [-0.4, -0.2) is 38.8 Å². The number of carbonyl (C=O) groups is 1. The molecular formula is C33H38N2O5S. The maximum atomic E-state index is 13.7. The van der Waals surface area contributed by atoms with Crippen LogP contribution in [0.15, 0.2) is 72.9 Å². The van der Waals surface area contributed by atoms with Crippen LogP contribution in [0.3, 0.4) is 0 Å². The minimum absolute atomic E-state index is 0.000549. The molecule has 0 fully saturated rings. The monoisotopic (exact) mass is 574 g/mol. The first-order valence-corrected chi connectivity index (χ1v) is 15.1. The van der Waals surface area contributed by atoms with Crippen LogP contribution in [0.25, 0.3) is 21.9 Å². The largest absolute Gasteiger partial charge is 0.496 e. The molecule has 4 rings (SSSR count). The first-order chi connectivity index (χ1) is 19.5. The molecule has 0 unspecified atom stereocenters. The molecule has 0 aliphatic carbocycles. The number of rotatable bonds is 11. The van der Waals surface area contributed by atoms with Gasteiger partial charge in [0.25, 0.3) is 0 Å². The number of carbonyl (C=O) groups excluding carboxylic acids is 1. The van der Waals surface area contributed by atoms with E-state index < -0.39 is 10.7 Å². The number of methoxy groups -OCH3 is 1. The molecule has 216 valence electrons. The Balaban J connectivity index is 1.62. The van der Waals surface area contributed by atoms with Crippen molar-refractivity contribution >= 4 is 33.2 Å². The molecule has 0 spiro atoms. The average molecular weight is 575 g/mol. The Kier molecular flexibility index (Phi) is 9.65. The Bertz CT molecular complexity index is 1580. The third-order valence-electron chi connectivity index (χ3n) is 6.73. The molecule has 41 heavy (non-hydrogen) atoms. The molecule has 0 N–H and O–H groups in total. The summed E-state index contributed by atoms with van der Waals surface area (Å²) in [7, 11) is -0.734. The highest BCUT2D eigenvalue weighted by molar-refractivity contribution is 7.72. The van der Waals surface area contributed by atoms with E-state index in [1.807, 2.05) is 43.3 Å². The second kappa shape index (κ2) is 13.2. The lowest BCUT2D eigenvalue weighted by Crippen LogP contribution is -2.34. The van der Waals surface area contributed by atoms with E-state index in [9.17, 15) is 13.2 Å². The maximum Gasteiger partial charge on any atom is 0.229 e. The SMILES string of the molecule is COc1ccc(-c2ccc(CN(C(=O)CC(C)(C)C)c3nccc4cc(OCCC[SH](=O)=O)ccc34)cc2)cc1C. The number of aromatic nitrogens is 1. The van der Waals surface area contributed by atoms with Crippen molar-refractivity contribution in [3.05, 3.63) is 84.1 Å². The van der Waals surface area contributed by atoms with Crippen LogP contribution in [0.4, 0.5) is 5.82 Å². The molecule has 1 aromatic heterocycles. The van der Waals surface area contributed by atoms with Crippen LogP contribution in [0.5, 0.6) is 11.5 Å². The van der Waals surface area contributed by atoms with Crippen molar-refractivity contribution in [1.82, 2.24) is 4.98 Å². The molecule has 0 radical (unpaired) electrons. The fraction of sp³-hybridized carbons (Fsp3) is 0.333. The van der Waals surface area contributed by atoms with E-state index in [1.54, 1.807) is 18.2 Å². The molecule has 0 bridgehead atoms. The van der Waals surface area contributed by atoms with E-state index in [1.165, 1.54) is 0 Å². The fourth-order valence-corrected chi connectivity index (χ4v) is 5.09. The molecule has 0 atom stereocenters. The summed E-state index contributed by atoms with van der Waals surface area (Å²) < 4.78 is 32.8. The van der Waals surface area contributed by atoms with Crippen molar-refractivity contribution in [2.24, 2.45) is 5.41 Å². The van der Waals surface area contributed by atoms with Gasteiger partial charge in [0.15, 0.2) is 0 Å². The number of hydrogen-bond acceptors (Lipinski definition) is 6. The summed E-state index contributed by atoms with van der Waals surface area (Å²) in [6.45, 7) is 8.89. The van der Waals surface area contributed by atoms with Crippen LogP contribution >= 0.6 is 0 Å². The van der Waals surface area contributed by atoms with Crippen LogP contribution in [0.2, 0.25) is 0 Å². The second-order valence-corrected chi connectivity index (χ2v) is 12.5. The molecule has 4 aromatic rings. The zero-order valence-corrected chi connectivity index (χ0v) is 25.2. The number of anilines is 1. The summed E-state index contributed by atoms with van der Waals surface area (Å²) in [5.74, 6) is 2.20. The van der Waals surface area contributed by atoms with Gasteiger partial charge in [-0.1, -0.05) is 51.1 Å². The zero-order chi connectivity index (χ0) is 29.6. The van der Waals surface area contributed by atoms with Crippen LogP contribution in [0.1, 0.15) is 44.7 Å². The molecular weight excluding hydrogens is 536 g/mol. The molecule has 7 nitrogen and oxygen atoms in total. The number of thiol groups is 1. The standard InChI is InChI=1S/C33H38N2O5S/c1-23-19-26(11-14-30(23)39-5)25-9-7-24(8-10-25)22-35(31(36)21-33(2,3)4)32-29-13-12-28(20-27(29)15-16-34-32)40-17-6-18-41(37)38/h7-16,19-20,41H,6,17-18,21-22H2,1-5H3. The van der Waals surface area contributed by atoms with Gasteiger partial charge in [-0.25, -0.2) is 13.4 Å². The van der Waals surface area contributed by atoms with E-state index in [0.29, 0.717) is 37.6 Å². The number of benzene rings is 3. The number of amides is 1. The normalized spacial score (nSPS) is 11.6.